The van der Waals surface area contributed by atoms with Crippen LogP contribution in [0.15, 0.2) is 0 Å². The molecule has 1 heterocycles. The maximum Gasteiger partial charge on any atom is 0.361 e. The zero-order chi connectivity index (χ0) is 15.7. The molecule has 0 aromatic heterocycles. The topological polar surface area (TPSA) is 30.5 Å². The van der Waals surface area contributed by atoms with Gasteiger partial charge in [0.2, 0.25) is 0 Å². The number of nitrogens with one attached hydrogen (secondary N) is 1. The zero-order valence-electron chi connectivity index (χ0n) is 14.9. The molecule has 3 atom stereocenters. The van der Waals surface area contributed by atoms with Gasteiger partial charge in [0.25, 0.3) is 0 Å². The quantitative estimate of drug-likeness (QED) is 0.782. The van der Waals surface area contributed by atoms with Crippen LogP contribution in [-0.2, 0) is 8.85 Å². The molecular weight excluding hydrogens is 278 g/mol. The minimum Gasteiger partial charge on any atom is -0.396 e. The van der Waals surface area contributed by atoms with Crippen molar-refractivity contribution in [3.63, 3.8) is 0 Å². The third-order valence-electron chi connectivity index (χ3n) is 6.63. The number of rotatable bonds is 5. The van der Waals surface area contributed by atoms with Gasteiger partial charge in [-0.1, -0.05) is 47.0 Å². The maximum atomic E-state index is 6.26. The molecule has 21 heavy (non-hydrogen) atoms. The summed E-state index contributed by atoms with van der Waals surface area (Å²) in [5.41, 5.74) is 0.434. The Hall–Kier alpha value is 0.0969. The first-order valence-electron chi connectivity index (χ1n) is 8.74. The maximum absolute atomic E-state index is 6.26. The summed E-state index contributed by atoms with van der Waals surface area (Å²) < 4.78 is 12.5. The summed E-state index contributed by atoms with van der Waals surface area (Å²) in [6, 6.07) is 0. The number of piperidine rings is 1. The van der Waals surface area contributed by atoms with E-state index >= 15 is 0 Å². The first-order chi connectivity index (χ1) is 9.90. The van der Waals surface area contributed by atoms with Crippen molar-refractivity contribution in [3.8, 4) is 0 Å². The van der Waals surface area contributed by atoms with Gasteiger partial charge in [0, 0.05) is 19.3 Å². The lowest BCUT2D eigenvalue weighted by molar-refractivity contribution is 0.104. The third-order valence-corrected chi connectivity index (χ3v) is 11.7. The molecule has 0 bridgehead atoms. The highest BCUT2D eigenvalue weighted by Gasteiger charge is 2.61. The van der Waals surface area contributed by atoms with Crippen molar-refractivity contribution in [1.82, 2.24) is 5.32 Å². The van der Waals surface area contributed by atoms with E-state index in [9.17, 15) is 0 Å². The summed E-state index contributed by atoms with van der Waals surface area (Å²) in [5, 5.41) is 3.92. The van der Waals surface area contributed by atoms with Crippen LogP contribution in [0.2, 0.25) is 5.04 Å². The number of hydrogen-bond donors (Lipinski definition) is 1. The van der Waals surface area contributed by atoms with E-state index in [-0.39, 0.29) is 5.04 Å². The molecule has 0 aromatic rings. The van der Waals surface area contributed by atoms with Crippen molar-refractivity contribution in [2.24, 2.45) is 17.8 Å². The van der Waals surface area contributed by atoms with E-state index < -0.39 is 8.56 Å². The van der Waals surface area contributed by atoms with E-state index in [0.29, 0.717) is 11.6 Å². The second kappa shape index (κ2) is 6.69. The highest BCUT2D eigenvalue weighted by molar-refractivity contribution is 6.72. The van der Waals surface area contributed by atoms with Crippen LogP contribution in [0, 0.1) is 17.8 Å². The third kappa shape index (κ3) is 2.85. The van der Waals surface area contributed by atoms with Crippen LogP contribution >= 0.6 is 0 Å². The van der Waals surface area contributed by atoms with Crippen LogP contribution in [0.25, 0.3) is 0 Å². The van der Waals surface area contributed by atoms with E-state index in [4.69, 9.17) is 8.85 Å². The first-order valence-corrected chi connectivity index (χ1v) is 10.6. The minimum absolute atomic E-state index is 0.0908. The molecule has 1 aliphatic heterocycles. The lowest BCUT2D eigenvalue weighted by atomic mass is 9.75. The van der Waals surface area contributed by atoms with E-state index in [1.807, 2.05) is 14.2 Å². The molecule has 1 aliphatic carbocycles. The van der Waals surface area contributed by atoms with Crippen LogP contribution in [-0.4, -0.2) is 35.0 Å². The molecule has 0 radical (unpaired) electrons. The van der Waals surface area contributed by atoms with Gasteiger partial charge >= 0.3 is 8.56 Å². The van der Waals surface area contributed by atoms with Gasteiger partial charge in [-0.05, 0) is 37.1 Å². The molecule has 4 heteroatoms. The van der Waals surface area contributed by atoms with Gasteiger partial charge in [-0.2, -0.15) is 0 Å². The molecule has 2 aliphatic rings. The highest BCUT2D eigenvalue weighted by Crippen LogP contribution is 2.51. The molecule has 3 unspecified atom stereocenters. The fourth-order valence-corrected chi connectivity index (χ4v) is 9.44. The Morgan fingerprint density at radius 3 is 2.24 bits per heavy atom. The summed E-state index contributed by atoms with van der Waals surface area (Å²) >= 11 is 0. The summed E-state index contributed by atoms with van der Waals surface area (Å²) in [7, 11) is 1.41. The van der Waals surface area contributed by atoms with Crippen molar-refractivity contribution in [1.29, 1.82) is 0 Å². The van der Waals surface area contributed by atoms with Crippen molar-refractivity contribution in [2.75, 3.05) is 20.8 Å². The van der Waals surface area contributed by atoms with Crippen LogP contribution in [0.5, 0.6) is 0 Å². The molecule has 0 amide bonds. The van der Waals surface area contributed by atoms with Crippen LogP contribution in [0.1, 0.15) is 59.8 Å². The molecule has 1 saturated carbocycles. The Balaban J connectivity index is 2.36. The van der Waals surface area contributed by atoms with E-state index in [0.717, 1.165) is 18.4 Å². The average molecular weight is 314 g/mol. The highest BCUT2D eigenvalue weighted by atomic mass is 28.4. The van der Waals surface area contributed by atoms with E-state index in [1.54, 1.807) is 0 Å². The predicted molar refractivity (Wildman–Crippen MR) is 90.5 cm³/mol. The molecule has 124 valence electrons. The Morgan fingerprint density at radius 1 is 1.05 bits per heavy atom. The van der Waals surface area contributed by atoms with Crippen LogP contribution in [0.4, 0.5) is 0 Å². The lowest BCUT2D eigenvalue weighted by Crippen LogP contribution is -2.70. The van der Waals surface area contributed by atoms with E-state index in [2.05, 4.69) is 33.0 Å². The van der Waals surface area contributed by atoms with Crippen LogP contribution < -0.4 is 5.32 Å². The molecule has 3 nitrogen and oxygen atoms in total. The minimum atomic E-state index is -2.35. The number of hydrogen-bond acceptors (Lipinski definition) is 3. The van der Waals surface area contributed by atoms with Gasteiger partial charge in [-0.25, -0.2) is 0 Å². The second-order valence-electron chi connectivity index (χ2n) is 7.88. The smallest absolute Gasteiger partial charge is 0.361 e. The van der Waals surface area contributed by atoms with Gasteiger partial charge in [0.1, 0.15) is 0 Å². The van der Waals surface area contributed by atoms with Crippen molar-refractivity contribution < 1.29 is 8.85 Å². The Morgan fingerprint density at radius 2 is 1.67 bits per heavy atom. The molecule has 0 spiro atoms. The second-order valence-corrected chi connectivity index (χ2v) is 11.9. The SMILES string of the molecule is CO[Si](OC)(C1NCCC2CCCCC21)C(C)(C)C(C)C. The largest absolute Gasteiger partial charge is 0.396 e. The monoisotopic (exact) mass is 313 g/mol. The normalized spacial score (nSPS) is 31.3. The van der Waals surface area contributed by atoms with Gasteiger partial charge in [0.05, 0.1) is 5.67 Å². The molecule has 1 N–H and O–H groups in total. The molecular formula is C17H35NO2Si. The molecule has 2 fully saturated rings. The van der Waals surface area contributed by atoms with Crippen molar-refractivity contribution in [2.45, 2.75) is 70.5 Å². The van der Waals surface area contributed by atoms with E-state index in [1.165, 1.54) is 32.1 Å². The Bertz CT molecular complexity index is 340. The molecule has 2 rings (SSSR count). The fraction of sp³-hybridized carbons (Fsp3) is 1.00. The Kier molecular flexibility index (Phi) is 5.56. The summed E-state index contributed by atoms with van der Waals surface area (Å²) in [6.07, 6.45) is 6.87. The van der Waals surface area contributed by atoms with Gasteiger partial charge < -0.3 is 14.2 Å². The first kappa shape index (κ1) is 17.5. The molecule has 1 saturated heterocycles. The summed E-state index contributed by atoms with van der Waals surface area (Å²) in [4.78, 5) is 0. The van der Waals surface area contributed by atoms with Gasteiger partial charge in [0.15, 0.2) is 0 Å². The van der Waals surface area contributed by atoms with Gasteiger partial charge in [-0.3, -0.25) is 0 Å². The Labute approximate surface area is 132 Å². The number of fused-ring (bicyclic) bond motifs is 1. The van der Waals surface area contributed by atoms with Crippen molar-refractivity contribution >= 4 is 8.56 Å². The zero-order valence-corrected chi connectivity index (χ0v) is 15.9. The predicted octanol–water partition coefficient (Wildman–Crippen LogP) is 3.87. The molecule has 0 aromatic carbocycles. The summed E-state index contributed by atoms with van der Waals surface area (Å²) in [5.74, 6) is 2.18. The van der Waals surface area contributed by atoms with Gasteiger partial charge in [-0.15, -0.1) is 0 Å². The summed E-state index contributed by atoms with van der Waals surface area (Å²) in [6.45, 7) is 10.4. The van der Waals surface area contributed by atoms with Crippen LogP contribution in [0.3, 0.4) is 0 Å². The lowest BCUT2D eigenvalue weighted by Gasteiger charge is -2.54. The fourth-order valence-electron chi connectivity index (χ4n) is 4.69. The standard InChI is InChI=1S/C17H35NO2Si/c1-13(2)17(3,4)21(19-5,20-6)16-15-10-8-7-9-14(15)11-12-18-16/h13-16,18H,7-12H2,1-6H3. The average Bonchev–Trinajstić information content (AvgIpc) is 2.49. The van der Waals surface area contributed by atoms with Crippen molar-refractivity contribution in [3.05, 3.63) is 0 Å².